The molecule has 1 aromatic heterocycles. The first-order chi connectivity index (χ1) is 15.4. The molecule has 2 heterocycles. The molecule has 1 unspecified atom stereocenters. The number of para-hydroxylation sites is 1. The molecule has 0 saturated heterocycles. The molecule has 0 radical (unpaired) electrons. The van der Waals surface area contributed by atoms with Crippen LogP contribution in [0.3, 0.4) is 0 Å². The van der Waals surface area contributed by atoms with E-state index < -0.39 is 0 Å². The van der Waals surface area contributed by atoms with Crippen molar-refractivity contribution < 1.29 is 9.59 Å². The Balaban J connectivity index is 1.43. The van der Waals surface area contributed by atoms with E-state index in [1.165, 1.54) is 22.2 Å². The summed E-state index contributed by atoms with van der Waals surface area (Å²) < 4.78 is 0. The smallest absolute Gasteiger partial charge is 0.317 e. The molecule has 1 fully saturated rings. The minimum absolute atomic E-state index is 0.00655. The van der Waals surface area contributed by atoms with Crippen LogP contribution in [0.4, 0.5) is 4.79 Å². The van der Waals surface area contributed by atoms with Crippen molar-refractivity contribution in [1.29, 1.82) is 0 Å². The predicted molar refractivity (Wildman–Crippen MR) is 128 cm³/mol. The molecule has 174 valence electrons. The van der Waals surface area contributed by atoms with Gasteiger partial charge in [0.25, 0.3) is 0 Å². The van der Waals surface area contributed by atoms with Crippen LogP contribution in [-0.4, -0.2) is 53.4 Å². The average Bonchev–Trinajstić information content (AvgIpc) is 3.17. The highest BCUT2D eigenvalue weighted by molar-refractivity contribution is 5.86. The molecule has 1 atom stereocenters. The lowest BCUT2D eigenvalue weighted by Gasteiger charge is -2.41. The van der Waals surface area contributed by atoms with Crippen molar-refractivity contribution in [3.63, 3.8) is 0 Å². The molecule has 3 amide bonds. The second-order valence-corrected chi connectivity index (χ2v) is 9.97. The number of nitrogens with one attached hydrogen (secondary N) is 2. The highest BCUT2D eigenvalue weighted by atomic mass is 16.2. The lowest BCUT2D eigenvalue weighted by atomic mass is 9.80. The maximum absolute atomic E-state index is 13.7. The maximum atomic E-state index is 13.7. The summed E-state index contributed by atoms with van der Waals surface area (Å²) in [6.45, 7) is 8.60. The van der Waals surface area contributed by atoms with Gasteiger partial charge in [0.1, 0.15) is 0 Å². The van der Waals surface area contributed by atoms with Crippen molar-refractivity contribution in [1.82, 2.24) is 20.1 Å². The fraction of sp³-hybridized carbons (Fsp3) is 0.615. The van der Waals surface area contributed by atoms with Crippen molar-refractivity contribution in [2.45, 2.75) is 58.9 Å². The van der Waals surface area contributed by atoms with Gasteiger partial charge in [-0.2, -0.15) is 0 Å². The van der Waals surface area contributed by atoms with Gasteiger partial charge in [-0.15, -0.1) is 0 Å². The summed E-state index contributed by atoms with van der Waals surface area (Å²) in [7, 11) is 1.86. The summed E-state index contributed by atoms with van der Waals surface area (Å²) in [6.07, 6.45) is 4.79. The number of rotatable bonds is 5. The number of urea groups is 1. The van der Waals surface area contributed by atoms with Gasteiger partial charge in [-0.3, -0.25) is 4.79 Å². The summed E-state index contributed by atoms with van der Waals surface area (Å²) in [6, 6.07) is 8.60. The Hall–Kier alpha value is -2.50. The lowest BCUT2D eigenvalue weighted by Crippen LogP contribution is -2.46. The van der Waals surface area contributed by atoms with Gasteiger partial charge in [-0.1, -0.05) is 32.0 Å². The highest BCUT2D eigenvalue weighted by Gasteiger charge is 2.38. The molecule has 2 aliphatic rings. The van der Waals surface area contributed by atoms with Crippen LogP contribution in [0.1, 0.15) is 63.8 Å². The minimum atomic E-state index is -0.00655. The van der Waals surface area contributed by atoms with Crippen LogP contribution in [0.25, 0.3) is 10.9 Å². The van der Waals surface area contributed by atoms with E-state index in [4.69, 9.17) is 0 Å². The van der Waals surface area contributed by atoms with E-state index in [0.717, 1.165) is 45.2 Å². The van der Waals surface area contributed by atoms with Crippen LogP contribution in [0, 0.1) is 17.8 Å². The first-order valence-corrected chi connectivity index (χ1v) is 12.3. The molecule has 6 heteroatoms. The van der Waals surface area contributed by atoms with Gasteiger partial charge < -0.3 is 20.1 Å². The van der Waals surface area contributed by atoms with E-state index >= 15 is 0 Å². The van der Waals surface area contributed by atoms with Gasteiger partial charge in [0.15, 0.2) is 0 Å². The molecule has 0 spiro atoms. The number of H-pyrrole nitrogens is 1. The van der Waals surface area contributed by atoms with Crippen molar-refractivity contribution in [3.8, 4) is 0 Å². The second-order valence-electron chi connectivity index (χ2n) is 9.97. The first kappa shape index (κ1) is 22.7. The molecule has 1 aliphatic carbocycles. The maximum Gasteiger partial charge on any atom is 0.317 e. The Morgan fingerprint density at radius 3 is 2.59 bits per heavy atom. The number of amides is 3. The Kier molecular flexibility index (Phi) is 6.77. The minimum Gasteiger partial charge on any atom is -0.356 e. The van der Waals surface area contributed by atoms with Crippen molar-refractivity contribution >= 4 is 22.8 Å². The predicted octanol–water partition coefficient (Wildman–Crippen LogP) is 4.72. The first-order valence-electron chi connectivity index (χ1n) is 12.3. The Morgan fingerprint density at radius 2 is 1.91 bits per heavy atom. The molecule has 2 aromatic rings. The quantitative estimate of drug-likeness (QED) is 0.709. The number of fused-ring (bicyclic) bond motifs is 3. The second kappa shape index (κ2) is 9.55. The van der Waals surface area contributed by atoms with E-state index in [-0.39, 0.29) is 18.0 Å². The Morgan fingerprint density at radius 1 is 1.19 bits per heavy atom. The van der Waals surface area contributed by atoms with Crippen LogP contribution in [0.5, 0.6) is 0 Å². The lowest BCUT2D eigenvalue weighted by molar-refractivity contribution is -0.141. The molecule has 0 bridgehead atoms. The molecule has 32 heavy (non-hydrogen) atoms. The summed E-state index contributed by atoms with van der Waals surface area (Å²) in [4.78, 5) is 33.3. The number of carbonyl (C=O) groups excluding carboxylic acids is 2. The van der Waals surface area contributed by atoms with E-state index in [2.05, 4.69) is 53.3 Å². The zero-order valence-electron chi connectivity index (χ0n) is 20.0. The standard InChI is InChI=1S/C26H38N4O2/c1-5-27-26(32)29(4)16-18-10-12-19(13-11-18)25(31)30-15-14-21-20-8-6-7-9-22(20)28-23(21)24(30)17(2)3/h6-9,17-19,24,28H,5,10-16H2,1-4H3,(H,27,32). The van der Waals surface area contributed by atoms with Gasteiger partial charge in [-0.25, -0.2) is 4.79 Å². The zero-order valence-corrected chi connectivity index (χ0v) is 20.0. The van der Waals surface area contributed by atoms with E-state index in [9.17, 15) is 9.59 Å². The largest absolute Gasteiger partial charge is 0.356 e. The highest BCUT2D eigenvalue weighted by Crippen LogP contribution is 2.40. The fourth-order valence-electron chi connectivity index (χ4n) is 5.79. The van der Waals surface area contributed by atoms with Gasteiger partial charge in [0.2, 0.25) is 5.91 Å². The normalized spacial score (nSPS) is 23.3. The molecule has 4 rings (SSSR count). The Bertz CT molecular complexity index is 958. The van der Waals surface area contributed by atoms with Crippen LogP contribution in [0.15, 0.2) is 24.3 Å². The molecule has 6 nitrogen and oxygen atoms in total. The number of hydrogen-bond donors (Lipinski definition) is 2. The van der Waals surface area contributed by atoms with E-state index in [0.29, 0.717) is 24.3 Å². The van der Waals surface area contributed by atoms with Crippen LogP contribution < -0.4 is 5.32 Å². The van der Waals surface area contributed by atoms with Crippen molar-refractivity contribution in [2.24, 2.45) is 17.8 Å². The van der Waals surface area contributed by atoms with Gasteiger partial charge >= 0.3 is 6.03 Å². The van der Waals surface area contributed by atoms with Crippen LogP contribution >= 0.6 is 0 Å². The van der Waals surface area contributed by atoms with Gasteiger partial charge in [0, 0.05) is 49.2 Å². The fourth-order valence-corrected chi connectivity index (χ4v) is 5.79. The molecule has 1 saturated carbocycles. The molecular formula is C26H38N4O2. The SMILES string of the molecule is CCNC(=O)N(C)CC1CCC(C(=O)N2CCc3c([nH]c4ccccc34)C2C(C)C)CC1. The topological polar surface area (TPSA) is 68.4 Å². The zero-order chi connectivity index (χ0) is 22.8. The summed E-state index contributed by atoms with van der Waals surface area (Å²) in [5.41, 5.74) is 3.80. The van der Waals surface area contributed by atoms with Crippen LogP contribution in [-0.2, 0) is 11.2 Å². The molecule has 1 aromatic carbocycles. The van der Waals surface area contributed by atoms with Gasteiger partial charge in [-0.05, 0) is 62.5 Å². The third-order valence-corrected chi connectivity index (χ3v) is 7.40. The van der Waals surface area contributed by atoms with Crippen molar-refractivity contribution in [3.05, 3.63) is 35.5 Å². The number of benzene rings is 1. The Labute approximate surface area is 191 Å². The number of hydrogen-bond acceptors (Lipinski definition) is 2. The summed E-state index contributed by atoms with van der Waals surface area (Å²) >= 11 is 0. The average molecular weight is 439 g/mol. The molecule has 1 aliphatic heterocycles. The number of aromatic amines is 1. The van der Waals surface area contributed by atoms with E-state index in [1.54, 1.807) is 4.90 Å². The van der Waals surface area contributed by atoms with E-state index in [1.807, 2.05) is 14.0 Å². The monoisotopic (exact) mass is 438 g/mol. The number of carbonyl (C=O) groups is 2. The molecule has 2 N–H and O–H groups in total. The third kappa shape index (κ3) is 4.37. The number of nitrogens with zero attached hydrogens (tertiary/aromatic N) is 2. The summed E-state index contributed by atoms with van der Waals surface area (Å²) in [5.74, 6) is 1.26. The summed E-state index contributed by atoms with van der Waals surface area (Å²) in [5, 5.41) is 4.16. The van der Waals surface area contributed by atoms with Crippen LogP contribution in [0.2, 0.25) is 0 Å². The third-order valence-electron chi connectivity index (χ3n) is 7.40. The molecular weight excluding hydrogens is 400 g/mol. The number of aromatic nitrogens is 1. The van der Waals surface area contributed by atoms with Crippen molar-refractivity contribution in [2.75, 3.05) is 26.7 Å². The van der Waals surface area contributed by atoms with Gasteiger partial charge in [0.05, 0.1) is 6.04 Å².